The van der Waals surface area contributed by atoms with Crippen LogP contribution in [0, 0.1) is 5.92 Å². The zero-order chi connectivity index (χ0) is 26.8. The summed E-state index contributed by atoms with van der Waals surface area (Å²) < 4.78 is 24.9. The van der Waals surface area contributed by atoms with E-state index in [1.54, 1.807) is 0 Å². The van der Waals surface area contributed by atoms with E-state index < -0.39 is 13.2 Å². The third kappa shape index (κ3) is 7.38. The minimum Gasteiger partial charge on any atom is -0.461 e. The molecule has 3 fully saturated rings. The van der Waals surface area contributed by atoms with Crippen molar-refractivity contribution in [2.75, 3.05) is 0 Å². The summed E-state index contributed by atoms with van der Waals surface area (Å²) in [5.41, 5.74) is 1.00. The first-order valence-electron chi connectivity index (χ1n) is 14.4. The molecular formula is C30H48BNO5. The Hall–Kier alpha value is -1.41. The largest absolute Gasteiger partial charge is 0.494 e. The summed E-state index contributed by atoms with van der Waals surface area (Å²) in [6.45, 7) is 14.5. The van der Waals surface area contributed by atoms with Gasteiger partial charge in [-0.3, -0.25) is 10.1 Å². The van der Waals surface area contributed by atoms with Crippen molar-refractivity contribution in [1.29, 1.82) is 0 Å². The summed E-state index contributed by atoms with van der Waals surface area (Å²) in [6, 6.07) is 7.80. The molecule has 1 N–H and O–H groups in total. The smallest absolute Gasteiger partial charge is 0.461 e. The van der Waals surface area contributed by atoms with Crippen LogP contribution in [0.2, 0.25) is 0 Å². The fraction of sp³-hybridized carbons (Fsp3) is 0.767. The van der Waals surface area contributed by atoms with E-state index in [0.717, 1.165) is 49.6 Å². The Morgan fingerprint density at radius 3 is 2.05 bits per heavy atom. The van der Waals surface area contributed by atoms with Gasteiger partial charge in [-0.25, -0.2) is 0 Å². The molecule has 2 aliphatic carbocycles. The average molecular weight is 514 g/mol. The van der Waals surface area contributed by atoms with Crippen LogP contribution in [0.15, 0.2) is 24.3 Å². The van der Waals surface area contributed by atoms with E-state index >= 15 is 0 Å². The Labute approximate surface area is 224 Å². The molecule has 0 bridgehead atoms. The number of carbonyl (C=O) groups is 1. The summed E-state index contributed by atoms with van der Waals surface area (Å²) in [5, 5.41) is 3.62. The minimum atomic E-state index is -0.462. The van der Waals surface area contributed by atoms with Gasteiger partial charge < -0.3 is 18.8 Å². The highest BCUT2D eigenvalue weighted by molar-refractivity contribution is 6.62. The van der Waals surface area contributed by atoms with Gasteiger partial charge in [-0.2, -0.15) is 0 Å². The molecule has 0 aromatic heterocycles. The molecule has 6 nitrogen and oxygen atoms in total. The SMILES string of the molecule is CC(C)(C)OC(N[C@@H](Cc1ccc(B2OC(C)(C)C(C)(C)O2)cc1)C(=O)OC1CCCC1)C1CCCC1. The summed E-state index contributed by atoms with van der Waals surface area (Å²) >= 11 is 0. The molecule has 1 aliphatic heterocycles. The van der Waals surface area contributed by atoms with Gasteiger partial charge in [-0.15, -0.1) is 0 Å². The van der Waals surface area contributed by atoms with Gasteiger partial charge in [0.2, 0.25) is 0 Å². The zero-order valence-corrected chi connectivity index (χ0v) is 24.1. The van der Waals surface area contributed by atoms with E-state index in [-0.39, 0.29) is 35.1 Å². The van der Waals surface area contributed by atoms with Gasteiger partial charge in [0.05, 0.1) is 16.8 Å². The van der Waals surface area contributed by atoms with Crippen molar-refractivity contribution in [3.8, 4) is 0 Å². The van der Waals surface area contributed by atoms with Gasteiger partial charge in [-0.05, 0) is 110 Å². The van der Waals surface area contributed by atoms with Crippen LogP contribution < -0.4 is 10.8 Å². The van der Waals surface area contributed by atoms with E-state index in [1.165, 1.54) is 12.8 Å². The first-order valence-corrected chi connectivity index (χ1v) is 14.4. The van der Waals surface area contributed by atoms with Gasteiger partial charge >= 0.3 is 13.1 Å². The molecule has 1 aromatic carbocycles. The van der Waals surface area contributed by atoms with Gasteiger partial charge in [-0.1, -0.05) is 37.1 Å². The van der Waals surface area contributed by atoms with Crippen LogP contribution in [-0.4, -0.2) is 48.3 Å². The van der Waals surface area contributed by atoms with Crippen LogP contribution in [0.4, 0.5) is 0 Å². The minimum absolute atomic E-state index is 0.0380. The Morgan fingerprint density at radius 1 is 0.973 bits per heavy atom. The molecule has 1 unspecified atom stereocenters. The van der Waals surface area contributed by atoms with Crippen molar-refractivity contribution in [3.63, 3.8) is 0 Å². The second-order valence-electron chi connectivity index (χ2n) is 13.3. The van der Waals surface area contributed by atoms with Gasteiger partial charge in [0.15, 0.2) is 0 Å². The lowest BCUT2D eigenvalue weighted by Gasteiger charge is -2.34. The Kier molecular flexibility index (Phi) is 8.79. The fourth-order valence-corrected chi connectivity index (χ4v) is 5.59. The Morgan fingerprint density at radius 2 is 1.51 bits per heavy atom. The Bertz CT molecular complexity index is 882. The normalized spacial score (nSPS) is 23.9. The molecule has 2 atom stereocenters. The van der Waals surface area contributed by atoms with E-state index in [1.807, 2.05) is 0 Å². The molecule has 0 radical (unpaired) electrons. The molecule has 2 saturated carbocycles. The van der Waals surface area contributed by atoms with E-state index in [9.17, 15) is 4.79 Å². The highest BCUT2D eigenvalue weighted by Crippen LogP contribution is 2.36. The number of nitrogens with one attached hydrogen (secondary N) is 1. The number of benzene rings is 1. The van der Waals surface area contributed by atoms with Crippen molar-refractivity contribution in [2.45, 2.75) is 141 Å². The predicted octanol–water partition coefficient (Wildman–Crippen LogP) is 5.30. The molecule has 37 heavy (non-hydrogen) atoms. The van der Waals surface area contributed by atoms with E-state index in [4.69, 9.17) is 18.8 Å². The summed E-state index contributed by atoms with van der Waals surface area (Å²) in [7, 11) is -0.396. The molecule has 1 aromatic rings. The topological polar surface area (TPSA) is 66.0 Å². The lowest BCUT2D eigenvalue weighted by atomic mass is 9.78. The molecule has 1 saturated heterocycles. The zero-order valence-electron chi connectivity index (χ0n) is 24.1. The van der Waals surface area contributed by atoms with Crippen molar-refractivity contribution in [3.05, 3.63) is 29.8 Å². The fourth-order valence-electron chi connectivity index (χ4n) is 5.59. The van der Waals surface area contributed by atoms with Crippen molar-refractivity contribution < 1.29 is 23.6 Å². The number of hydrogen-bond donors (Lipinski definition) is 1. The number of ether oxygens (including phenoxy) is 2. The van der Waals surface area contributed by atoms with Crippen LogP contribution in [0.25, 0.3) is 0 Å². The van der Waals surface area contributed by atoms with Gasteiger partial charge in [0.25, 0.3) is 0 Å². The molecular weight excluding hydrogens is 465 g/mol. The third-order valence-electron chi connectivity index (χ3n) is 8.49. The van der Waals surface area contributed by atoms with Crippen LogP contribution in [0.3, 0.4) is 0 Å². The maximum Gasteiger partial charge on any atom is 0.494 e. The lowest BCUT2D eigenvalue weighted by Crippen LogP contribution is -2.52. The molecule has 3 aliphatic rings. The third-order valence-corrected chi connectivity index (χ3v) is 8.49. The lowest BCUT2D eigenvalue weighted by molar-refractivity contribution is -0.156. The maximum absolute atomic E-state index is 13.5. The number of esters is 1. The molecule has 206 valence electrons. The van der Waals surface area contributed by atoms with Crippen molar-refractivity contribution in [1.82, 2.24) is 5.32 Å². The average Bonchev–Trinajstić information content (AvgIpc) is 3.54. The summed E-state index contributed by atoms with van der Waals surface area (Å²) in [5.74, 6) is 0.245. The second kappa shape index (κ2) is 11.4. The summed E-state index contributed by atoms with van der Waals surface area (Å²) in [6.07, 6.45) is 9.29. The van der Waals surface area contributed by atoms with Crippen LogP contribution in [-0.2, 0) is 30.0 Å². The van der Waals surface area contributed by atoms with Crippen LogP contribution in [0.1, 0.15) is 105 Å². The monoisotopic (exact) mass is 513 g/mol. The quantitative estimate of drug-likeness (QED) is 0.275. The standard InChI is InChI=1S/C30H48BNO5/c1-28(2,3)35-26(22-12-8-9-13-22)32-25(27(33)34-24-14-10-11-15-24)20-21-16-18-23(19-17-21)31-36-29(4,5)30(6,7)37-31/h16-19,22,24-26,32H,8-15,20H2,1-7H3/t25-,26?/m0/s1. The van der Waals surface area contributed by atoms with Gasteiger partial charge in [0, 0.05) is 0 Å². The predicted molar refractivity (Wildman–Crippen MR) is 148 cm³/mol. The number of rotatable bonds is 9. The molecule has 1 heterocycles. The molecule has 0 amide bonds. The summed E-state index contributed by atoms with van der Waals surface area (Å²) in [4.78, 5) is 13.5. The van der Waals surface area contributed by atoms with Crippen LogP contribution in [0.5, 0.6) is 0 Å². The Balaban J connectivity index is 1.49. The number of hydrogen-bond acceptors (Lipinski definition) is 6. The highest BCUT2D eigenvalue weighted by Gasteiger charge is 2.51. The number of carbonyl (C=O) groups excluding carboxylic acids is 1. The van der Waals surface area contributed by atoms with Crippen LogP contribution >= 0.6 is 0 Å². The van der Waals surface area contributed by atoms with Crippen molar-refractivity contribution in [2.24, 2.45) is 5.92 Å². The first kappa shape index (κ1) is 28.6. The van der Waals surface area contributed by atoms with Gasteiger partial charge in [0.1, 0.15) is 18.4 Å². The molecule has 7 heteroatoms. The molecule has 0 spiro atoms. The molecule has 4 rings (SSSR count). The van der Waals surface area contributed by atoms with E-state index in [0.29, 0.717) is 12.3 Å². The maximum atomic E-state index is 13.5. The second-order valence-corrected chi connectivity index (χ2v) is 13.3. The first-order chi connectivity index (χ1) is 17.3. The van der Waals surface area contributed by atoms with E-state index in [2.05, 4.69) is 78.0 Å². The highest BCUT2D eigenvalue weighted by atomic mass is 16.7. The van der Waals surface area contributed by atoms with Crippen molar-refractivity contribution >= 4 is 18.6 Å².